The predicted octanol–water partition coefficient (Wildman–Crippen LogP) is 3.04. The van der Waals surface area contributed by atoms with Gasteiger partial charge in [-0.1, -0.05) is 31.5 Å². The van der Waals surface area contributed by atoms with Gasteiger partial charge in [0.1, 0.15) is 6.04 Å². The van der Waals surface area contributed by atoms with E-state index >= 15 is 0 Å². The number of hydrogen-bond acceptors (Lipinski definition) is 3. The number of nitrogens with one attached hydrogen (secondary N) is 2. The molecule has 1 atom stereocenters. The summed E-state index contributed by atoms with van der Waals surface area (Å²) in [5.41, 5.74) is 1.84. The number of aromatic amines is 1. The third-order valence-electron chi connectivity index (χ3n) is 4.26. The highest BCUT2D eigenvalue weighted by Gasteiger charge is 2.34. The van der Waals surface area contributed by atoms with E-state index in [-0.39, 0.29) is 24.3 Å². The molecule has 5 nitrogen and oxygen atoms in total. The van der Waals surface area contributed by atoms with E-state index < -0.39 is 0 Å². The minimum atomic E-state index is -0.379. The van der Waals surface area contributed by atoms with Gasteiger partial charge in [-0.15, -0.1) is 11.8 Å². The number of carbonyl (C=O) groups excluding carboxylic acids is 2. The molecule has 0 aliphatic carbocycles. The zero-order chi connectivity index (χ0) is 18.0. The minimum Gasteiger partial charge on any atom is -0.361 e. The monoisotopic (exact) mass is 379 g/mol. The number of halogens is 1. The SMILES string of the molecule is CC(C)CNC(=O)C1CSCN1C(=O)Cc1c[nH]c2cc(Cl)ccc12. The van der Waals surface area contributed by atoms with Crippen molar-refractivity contribution in [3.8, 4) is 0 Å². The highest BCUT2D eigenvalue weighted by molar-refractivity contribution is 7.99. The second-order valence-electron chi connectivity index (χ2n) is 6.70. The van der Waals surface area contributed by atoms with E-state index in [9.17, 15) is 9.59 Å². The van der Waals surface area contributed by atoms with E-state index in [1.165, 1.54) is 0 Å². The highest BCUT2D eigenvalue weighted by atomic mass is 35.5. The van der Waals surface area contributed by atoms with Gasteiger partial charge in [0, 0.05) is 34.4 Å². The molecule has 7 heteroatoms. The molecule has 1 aromatic heterocycles. The van der Waals surface area contributed by atoms with Crippen molar-refractivity contribution in [1.82, 2.24) is 15.2 Å². The molecule has 1 unspecified atom stereocenters. The van der Waals surface area contributed by atoms with Crippen LogP contribution in [0.3, 0.4) is 0 Å². The summed E-state index contributed by atoms with van der Waals surface area (Å²) in [7, 11) is 0. The van der Waals surface area contributed by atoms with Gasteiger partial charge in [0.15, 0.2) is 0 Å². The standard InChI is InChI=1S/C18H22ClN3O2S/c1-11(2)7-21-18(24)16-9-25-10-22(16)17(23)5-12-8-20-15-6-13(19)3-4-14(12)15/h3-4,6,8,11,16,20H,5,7,9-10H2,1-2H3,(H,21,24). The van der Waals surface area contributed by atoms with Crippen LogP contribution in [0.4, 0.5) is 0 Å². The Bertz CT molecular complexity index is 790. The van der Waals surface area contributed by atoms with Gasteiger partial charge in [0.25, 0.3) is 0 Å². The lowest BCUT2D eigenvalue weighted by Crippen LogP contribution is -2.48. The average molecular weight is 380 g/mol. The summed E-state index contributed by atoms with van der Waals surface area (Å²) in [4.78, 5) is 30.0. The molecule has 0 radical (unpaired) electrons. The second-order valence-corrected chi connectivity index (χ2v) is 8.14. The summed E-state index contributed by atoms with van der Waals surface area (Å²) < 4.78 is 0. The fourth-order valence-corrected chi connectivity index (χ4v) is 4.25. The molecule has 2 aromatic rings. The fourth-order valence-electron chi connectivity index (χ4n) is 2.90. The molecule has 0 spiro atoms. The number of carbonyl (C=O) groups is 2. The van der Waals surface area contributed by atoms with Gasteiger partial charge >= 0.3 is 0 Å². The molecule has 134 valence electrons. The quantitative estimate of drug-likeness (QED) is 0.839. The van der Waals surface area contributed by atoms with Crippen LogP contribution >= 0.6 is 23.4 Å². The fraction of sp³-hybridized carbons (Fsp3) is 0.444. The van der Waals surface area contributed by atoms with Gasteiger partial charge in [-0.2, -0.15) is 0 Å². The summed E-state index contributed by atoms with van der Waals surface area (Å²) in [6.07, 6.45) is 2.12. The van der Waals surface area contributed by atoms with Crippen molar-refractivity contribution in [2.24, 2.45) is 5.92 Å². The first-order valence-corrected chi connectivity index (χ1v) is 9.89. The van der Waals surface area contributed by atoms with Crippen molar-refractivity contribution in [3.63, 3.8) is 0 Å². The van der Waals surface area contributed by atoms with Crippen LogP contribution in [0.2, 0.25) is 5.02 Å². The van der Waals surface area contributed by atoms with Crippen molar-refractivity contribution >= 4 is 46.1 Å². The Labute approximate surface area is 156 Å². The first-order valence-electron chi connectivity index (χ1n) is 8.36. The summed E-state index contributed by atoms with van der Waals surface area (Å²) in [5.74, 6) is 1.52. The number of rotatable bonds is 5. The molecular formula is C18H22ClN3O2S. The number of nitrogens with zero attached hydrogens (tertiary/aromatic N) is 1. The summed E-state index contributed by atoms with van der Waals surface area (Å²) in [6.45, 7) is 4.73. The van der Waals surface area contributed by atoms with Gasteiger partial charge in [0.05, 0.1) is 12.3 Å². The number of H-pyrrole nitrogens is 1. The number of hydrogen-bond donors (Lipinski definition) is 2. The number of aromatic nitrogens is 1. The Balaban J connectivity index is 1.70. The van der Waals surface area contributed by atoms with E-state index in [4.69, 9.17) is 11.6 Å². The highest BCUT2D eigenvalue weighted by Crippen LogP contribution is 2.25. The minimum absolute atomic E-state index is 0.0226. The number of fused-ring (bicyclic) bond motifs is 1. The number of benzene rings is 1. The topological polar surface area (TPSA) is 65.2 Å². The maximum atomic E-state index is 12.8. The lowest BCUT2D eigenvalue weighted by atomic mass is 10.1. The summed E-state index contributed by atoms with van der Waals surface area (Å²) >= 11 is 7.62. The molecule has 1 fully saturated rings. The summed E-state index contributed by atoms with van der Waals surface area (Å²) in [5, 5.41) is 4.59. The van der Waals surface area contributed by atoms with E-state index in [0.717, 1.165) is 16.5 Å². The maximum Gasteiger partial charge on any atom is 0.243 e. The molecule has 1 saturated heterocycles. The molecule has 25 heavy (non-hydrogen) atoms. The van der Waals surface area contributed by atoms with Crippen molar-refractivity contribution < 1.29 is 9.59 Å². The van der Waals surface area contributed by atoms with Crippen LogP contribution in [0.25, 0.3) is 10.9 Å². The van der Waals surface area contributed by atoms with Crippen molar-refractivity contribution in [2.75, 3.05) is 18.2 Å². The van der Waals surface area contributed by atoms with Gasteiger partial charge in [-0.05, 0) is 23.6 Å². The Morgan fingerprint density at radius 3 is 3.00 bits per heavy atom. The Kier molecular flexibility index (Phi) is 5.59. The zero-order valence-corrected chi connectivity index (χ0v) is 15.9. The van der Waals surface area contributed by atoms with E-state index in [2.05, 4.69) is 24.1 Å². The van der Waals surface area contributed by atoms with Crippen molar-refractivity contribution in [2.45, 2.75) is 26.3 Å². The van der Waals surface area contributed by atoms with Crippen molar-refractivity contribution in [1.29, 1.82) is 0 Å². The molecule has 1 aromatic carbocycles. The lowest BCUT2D eigenvalue weighted by Gasteiger charge is -2.23. The van der Waals surface area contributed by atoms with Crippen LogP contribution < -0.4 is 5.32 Å². The Morgan fingerprint density at radius 1 is 1.44 bits per heavy atom. The number of amides is 2. The Hall–Kier alpha value is -1.66. The first kappa shape index (κ1) is 18.1. The largest absolute Gasteiger partial charge is 0.361 e. The zero-order valence-electron chi connectivity index (χ0n) is 14.3. The normalized spacial score (nSPS) is 17.4. The maximum absolute atomic E-state index is 12.8. The van der Waals surface area contributed by atoms with Crippen LogP contribution in [0, 0.1) is 5.92 Å². The molecular weight excluding hydrogens is 358 g/mol. The summed E-state index contributed by atoms with van der Waals surface area (Å²) in [6, 6.07) is 5.21. The predicted molar refractivity (Wildman–Crippen MR) is 103 cm³/mol. The van der Waals surface area contributed by atoms with Crippen molar-refractivity contribution in [3.05, 3.63) is 35.0 Å². The molecule has 0 saturated carbocycles. The molecule has 2 amide bonds. The van der Waals surface area contributed by atoms with E-state index in [1.807, 2.05) is 24.4 Å². The smallest absolute Gasteiger partial charge is 0.243 e. The van der Waals surface area contributed by atoms with Gasteiger partial charge in [0.2, 0.25) is 11.8 Å². The Morgan fingerprint density at radius 2 is 2.24 bits per heavy atom. The van der Waals surface area contributed by atoms with Crippen LogP contribution in [0.15, 0.2) is 24.4 Å². The molecule has 3 rings (SSSR count). The van der Waals surface area contributed by atoms with Crippen LogP contribution in [0.5, 0.6) is 0 Å². The van der Waals surface area contributed by atoms with Crippen LogP contribution in [0.1, 0.15) is 19.4 Å². The lowest BCUT2D eigenvalue weighted by molar-refractivity contribution is -0.137. The second kappa shape index (κ2) is 7.70. The molecule has 1 aliphatic heterocycles. The van der Waals surface area contributed by atoms with Gasteiger partial charge in [-0.25, -0.2) is 0 Å². The molecule has 2 heterocycles. The number of thioether (sulfide) groups is 1. The van der Waals surface area contributed by atoms with E-state index in [0.29, 0.717) is 29.1 Å². The van der Waals surface area contributed by atoms with Gasteiger partial charge in [-0.3, -0.25) is 9.59 Å². The van der Waals surface area contributed by atoms with Crippen LogP contribution in [-0.2, 0) is 16.0 Å². The molecule has 0 bridgehead atoms. The average Bonchev–Trinajstić information content (AvgIpc) is 3.19. The third-order valence-corrected chi connectivity index (χ3v) is 5.51. The van der Waals surface area contributed by atoms with E-state index in [1.54, 1.807) is 16.7 Å². The first-order chi connectivity index (χ1) is 12.0. The van der Waals surface area contributed by atoms with Crippen LogP contribution in [-0.4, -0.2) is 45.9 Å². The third kappa shape index (κ3) is 4.12. The van der Waals surface area contributed by atoms with Gasteiger partial charge < -0.3 is 15.2 Å². The molecule has 2 N–H and O–H groups in total. The molecule has 1 aliphatic rings.